The summed E-state index contributed by atoms with van der Waals surface area (Å²) in [6, 6.07) is 10.0. The van der Waals surface area contributed by atoms with Gasteiger partial charge in [0.05, 0.1) is 6.61 Å². The Labute approximate surface area is 71.8 Å². The van der Waals surface area contributed by atoms with Crippen LogP contribution < -0.4 is 0 Å². The van der Waals surface area contributed by atoms with Crippen LogP contribution >= 0.6 is 0 Å². The van der Waals surface area contributed by atoms with Crippen LogP contribution in [0.5, 0.6) is 0 Å². The summed E-state index contributed by atoms with van der Waals surface area (Å²) < 4.78 is 5.08. The first-order valence-electron chi connectivity index (χ1n) is 4.22. The molecule has 12 heavy (non-hydrogen) atoms. The van der Waals surface area contributed by atoms with Crippen molar-refractivity contribution in [2.45, 2.75) is 18.6 Å². The molecule has 2 heteroatoms. The molecule has 0 bridgehead atoms. The Morgan fingerprint density at radius 1 is 1.25 bits per heavy atom. The highest BCUT2D eigenvalue weighted by molar-refractivity contribution is 5.20. The van der Waals surface area contributed by atoms with Gasteiger partial charge in [0, 0.05) is 5.92 Å². The van der Waals surface area contributed by atoms with Crippen LogP contribution in [0, 0.1) is 0 Å². The molecule has 1 aliphatic rings. The molecule has 1 aromatic carbocycles. The number of benzene rings is 1. The van der Waals surface area contributed by atoms with Crippen molar-refractivity contribution >= 4 is 0 Å². The van der Waals surface area contributed by atoms with Crippen LogP contribution in [-0.2, 0) is 4.74 Å². The standard InChI is InChI=1S/C10H12O2/c11-10-9(6-7-12-10)8-4-2-1-3-5-8/h1-5,9-11H,6-7H2/t9-,10+/m0/s1. The fourth-order valence-corrected chi connectivity index (χ4v) is 1.61. The minimum absolute atomic E-state index is 0.172. The van der Waals surface area contributed by atoms with Gasteiger partial charge in [0.15, 0.2) is 6.29 Å². The second-order valence-corrected chi connectivity index (χ2v) is 3.07. The van der Waals surface area contributed by atoms with Crippen molar-refractivity contribution in [3.8, 4) is 0 Å². The number of aliphatic hydroxyl groups excluding tert-OH is 1. The summed E-state index contributed by atoms with van der Waals surface area (Å²) >= 11 is 0. The maximum Gasteiger partial charge on any atom is 0.161 e. The lowest BCUT2D eigenvalue weighted by Crippen LogP contribution is -2.12. The molecule has 64 valence electrons. The Bertz CT molecular complexity index is 245. The van der Waals surface area contributed by atoms with E-state index in [4.69, 9.17) is 4.74 Å². The van der Waals surface area contributed by atoms with E-state index in [9.17, 15) is 5.11 Å². The predicted molar refractivity (Wildman–Crippen MR) is 45.8 cm³/mol. The van der Waals surface area contributed by atoms with Crippen molar-refractivity contribution < 1.29 is 9.84 Å². The van der Waals surface area contributed by atoms with E-state index in [0.29, 0.717) is 6.61 Å². The molecule has 0 radical (unpaired) electrons. The number of rotatable bonds is 1. The van der Waals surface area contributed by atoms with Gasteiger partial charge in [-0.25, -0.2) is 0 Å². The molecule has 1 heterocycles. The summed E-state index contributed by atoms with van der Waals surface area (Å²) in [6.07, 6.45) is 0.318. The summed E-state index contributed by atoms with van der Waals surface area (Å²) in [4.78, 5) is 0. The molecule has 0 saturated carbocycles. The summed E-state index contributed by atoms with van der Waals surface area (Å²) in [6.45, 7) is 0.667. The van der Waals surface area contributed by atoms with E-state index in [-0.39, 0.29) is 5.92 Å². The van der Waals surface area contributed by atoms with E-state index in [0.717, 1.165) is 6.42 Å². The highest BCUT2D eigenvalue weighted by Crippen LogP contribution is 2.29. The molecular formula is C10H12O2. The minimum Gasteiger partial charge on any atom is -0.367 e. The number of aliphatic hydroxyl groups is 1. The van der Waals surface area contributed by atoms with Gasteiger partial charge in [0.1, 0.15) is 0 Å². The Kier molecular flexibility index (Phi) is 2.11. The van der Waals surface area contributed by atoms with Crippen LogP contribution in [0.25, 0.3) is 0 Å². The highest BCUT2D eigenvalue weighted by atomic mass is 16.6. The predicted octanol–water partition coefficient (Wildman–Crippen LogP) is 1.51. The van der Waals surface area contributed by atoms with Crippen molar-refractivity contribution in [2.24, 2.45) is 0 Å². The van der Waals surface area contributed by atoms with Crippen molar-refractivity contribution in [1.29, 1.82) is 0 Å². The van der Waals surface area contributed by atoms with Gasteiger partial charge < -0.3 is 9.84 Å². The molecule has 2 nitrogen and oxygen atoms in total. The Morgan fingerprint density at radius 2 is 2.00 bits per heavy atom. The highest BCUT2D eigenvalue weighted by Gasteiger charge is 2.26. The van der Waals surface area contributed by atoms with Crippen LogP contribution in [-0.4, -0.2) is 18.0 Å². The van der Waals surface area contributed by atoms with Gasteiger partial charge in [0.25, 0.3) is 0 Å². The lowest BCUT2D eigenvalue weighted by atomic mass is 9.97. The van der Waals surface area contributed by atoms with E-state index < -0.39 is 6.29 Å². The zero-order valence-electron chi connectivity index (χ0n) is 6.81. The van der Waals surface area contributed by atoms with Gasteiger partial charge in [-0.3, -0.25) is 0 Å². The van der Waals surface area contributed by atoms with E-state index in [1.165, 1.54) is 5.56 Å². The van der Waals surface area contributed by atoms with Gasteiger partial charge in [-0.2, -0.15) is 0 Å². The van der Waals surface area contributed by atoms with Crippen LogP contribution in [0.1, 0.15) is 17.9 Å². The van der Waals surface area contributed by atoms with Gasteiger partial charge in [-0.15, -0.1) is 0 Å². The maximum absolute atomic E-state index is 9.42. The molecule has 0 spiro atoms. The van der Waals surface area contributed by atoms with Crippen LogP contribution in [0.2, 0.25) is 0 Å². The van der Waals surface area contributed by atoms with Crippen molar-refractivity contribution in [2.75, 3.05) is 6.61 Å². The lowest BCUT2D eigenvalue weighted by molar-refractivity contribution is -0.0678. The second kappa shape index (κ2) is 3.25. The van der Waals surface area contributed by atoms with E-state index in [2.05, 4.69) is 0 Å². The van der Waals surface area contributed by atoms with E-state index >= 15 is 0 Å². The van der Waals surface area contributed by atoms with Crippen LogP contribution in [0.3, 0.4) is 0 Å². The zero-order chi connectivity index (χ0) is 8.39. The fraction of sp³-hybridized carbons (Fsp3) is 0.400. The summed E-state index contributed by atoms with van der Waals surface area (Å²) in [5.41, 5.74) is 1.17. The summed E-state index contributed by atoms with van der Waals surface area (Å²) in [5.74, 6) is 0.172. The van der Waals surface area contributed by atoms with Crippen molar-refractivity contribution in [1.82, 2.24) is 0 Å². The third-order valence-corrected chi connectivity index (χ3v) is 2.29. The first-order valence-corrected chi connectivity index (χ1v) is 4.22. The Morgan fingerprint density at radius 3 is 2.58 bits per heavy atom. The topological polar surface area (TPSA) is 29.5 Å². The molecule has 0 unspecified atom stereocenters. The quantitative estimate of drug-likeness (QED) is 0.681. The molecule has 0 amide bonds. The molecule has 1 aliphatic heterocycles. The van der Waals surface area contributed by atoms with Gasteiger partial charge in [0.2, 0.25) is 0 Å². The first kappa shape index (κ1) is 7.77. The second-order valence-electron chi connectivity index (χ2n) is 3.07. The SMILES string of the molecule is O[C@@H]1OCC[C@H]1c1ccccc1. The zero-order valence-corrected chi connectivity index (χ0v) is 6.81. The third-order valence-electron chi connectivity index (χ3n) is 2.29. The average Bonchev–Trinajstić information content (AvgIpc) is 2.53. The molecule has 0 aliphatic carbocycles. The molecule has 1 aromatic rings. The number of ether oxygens (including phenoxy) is 1. The lowest BCUT2D eigenvalue weighted by Gasteiger charge is -2.12. The smallest absolute Gasteiger partial charge is 0.161 e. The summed E-state index contributed by atoms with van der Waals surface area (Å²) in [7, 11) is 0. The maximum atomic E-state index is 9.42. The van der Waals surface area contributed by atoms with Crippen molar-refractivity contribution in [3.05, 3.63) is 35.9 Å². The number of hydrogen-bond acceptors (Lipinski definition) is 2. The average molecular weight is 164 g/mol. The molecule has 1 saturated heterocycles. The largest absolute Gasteiger partial charge is 0.367 e. The monoisotopic (exact) mass is 164 g/mol. The van der Waals surface area contributed by atoms with Gasteiger partial charge >= 0.3 is 0 Å². The molecule has 0 aromatic heterocycles. The summed E-state index contributed by atoms with van der Waals surface area (Å²) in [5, 5.41) is 9.42. The Hall–Kier alpha value is -0.860. The normalized spacial score (nSPS) is 29.1. The van der Waals surface area contributed by atoms with Gasteiger partial charge in [-0.1, -0.05) is 30.3 Å². The van der Waals surface area contributed by atoms with E-state index in [1.807, 2.05) is 30.3 Å². The first-order chi connectivity index (χ1) is 5.88. The van der Waals surface area contributed by atoms with Crippen molar-refractivity contribution in [3.63, 3.8) is 0 Å². The molecule has 2 rings (SSSR count). The van der Waals surface area contributed by atoms with Crippen LogP contribution in [0.4, 0.5) is 0 Å². The molecule has 1 fully saturated rings. The molecule has 2 atom stereocenters. The minimum atomic E-state index is -0.604. The Balaban J connectivity index is 2.19. The van der Waals surface area contributed by atoms with Gasteiger partial charge in [-0.05, 0) is 12.0 Å². The third kappa shape index (κ3) is 1.36. The molecule has 1 N–H and O–H groups in total. The molecular weight excluding hydrogens is 152 g/mol. The number of hydrogen-bond donors (Lipinski definition) is 1. The van der Waals surface area contributed by atoms with E-state index in [1.54, 1.807) is 0 Å². The fourth-order valence-electron chi connectivity index (χ4n) is 1.61. The van der Waals surface area contributed by atoms with Crippen LogP contribution in [0.15, 0.2) is 30.3 Å².